The Hall–Kier alpha value is -2.00. The first-order valence-electron chi connectivity index (χ1n) is 12.9. The van der Waals surface area contributed by atoms with Crippen molar-refractivity contribution in [1.82, 2.24) is 9.80 Å². The molecule has 0 saturated heterocycles. The third kappa shape index (κ3) is 19.9. The number of carbonyl (C=O) groups is 2. The summed E-state index contributed by atoms with van der Waals surface area (Å²) in [6, 6.07) is 0. The first kappa shape index (κ1) is 33.0. The summed E-state index contributed by atoms with van der Waals surface area (Å²) in [5, 5.41) is 18.2. The number of likely N-dealkylation sites (N-methyl/N-ethyl adjacent to an activating group) is 1. The van der Waals surface area contributed by atoms with E-state index in [1.54, 1.807) is 0 Å². The largest absolute Gasteiger partial charge is 0.461 e. The van der Waals surface area contributed by atoms with Gasteiger partial charge >= 0.3 is 11.9 Å². The maximum Gasteiger partial charge on any atom is 0.307 e. The van der Waals surface area contributed by atoms with Crippen molar-refractivity contribution in [3.05, 3.63) is 37.0 Å². The predicted octanol–water partition coefficient (Wildman–Crippen LogP) is 2.96. The number of hydrogen-bond acceptors (Lipinski definition) is 8. The third-order valence-corrected chi connectivity index (χ3v) is 5.59. The number of nitrogens with zero attached hydrogens (tertiary/aromatic N) is 2. The van der Waals surface area contributed by atoms with Gasteiger partial charge in [-0.15, -0.1) is 6.58 Å². The number of allylic oxidation sites excluding steroid dienone is 3. The van der Waals surface area contributed by atoms with Crippen LogP contribution in [0, 0.1) is 5.92 Å². The van der Waals surface area contributed by atoms with E-state index in [1.807, 2.05) is 49.1 Å². The van der Waals surface area contributed by atoms with Gasteiger partial charge in [0.1, 0.15) is 13.2 Å². The van der Waals surface area contributed by atoms with E-state index in [9.17, 15) is 9.59 Å². The highest BCUT2D eigenvalue weighted by Gasteiger charge is 2.10. The van der Waals surface area contributed by atoms with Gasteiger partial charge in [0.2, 0.25) is 0 Å². The molecule has 2 N–H and O–H groups in total. The summed E-state index contributed by atoms with van der Waals surface area (Å²) in [5.74, 6) is -0.0428. The number of rotatable bonds is 23. The zero-order valence-electron chi connectivity index (χ0n) is 21.9. The van der Waals surface area contributed by atoms with Crippen LogP contribution in [0.4, 0.5) is 0 Å². The minimum absolute atomic E-state index is 0.0638. The molecule has 0 aromatic carbocycles. The molecule has 202 valence electrons. The molecular weight excluding hydrogens is 448 g/mol. The van der Waals surface area contributed by atoms with E-state index < -0.39 is 0 Å². The van der Waals surface area contributed by atoms with E-state index >= 15 is 0 Å². The molecular formula is C27H48N2O6. The Morgan fingerprint density at radius 3 is 2.00 bits per heavy atom. The second kappa shape index (κ2) is 23.7. The Labute approximate surface area is 212 Å². The Bertz CT molecular complexity index is 602. The van der Waals surface area contributed by atoms with Gasteiger partial charge in [0.25, 0.3) is 0 Å². The summed E-state index contributed by atoms with van der Waals surface area (Å²) in [6.07, 6.45) is 14.0. The fourth-order valence-corrected chi connectivity index (χ4v) is 3.38. The van der Waals surface area contributed by atoms with Crippen molar-refractivity contribution in [2.75, 3.05) is 65.7 Å². The number of ether oxygens (including phenoxy) is 2. The summed E-state index contributed by atoms with van der Waals surface area (Å²) < 4.78 is 10.4. The van der Waals surface area contributed by atoms with Crippen LogP contribution in [0.25, 0.3) is 0 Å². The van der Waals surface area contributed by atoms with Crippen LogP contribution in [0.3, 0.4) is 0 Å². The molecule has 0 aliphatic heterocycles. The van der Waals surface area contributed by atoms with Gasteiger partial charge in [-0.3, -0.25) is 14.5 Å². The fraction of sp³-hybridized carbons (Fsp3) is 0.704. The van der Waals surface area contributed by atoms with Crippen molar-refractivity contribution < 1.29 is 29.3 Å². The number of aliphatic hydroxyl groups excluding tert-OH is 2. The second-order valence-corrected chi connectivity index (χ2v) is 8.34. The molecule has 0 radical (unpaired) electrons. The van der Waals surface area contributed by atoms with Crippen molar-refractivity contribution in [3.63, 3.8) is 0 Å². The highest BCUT2D eigenvalue weighted by atomic mass is 16.5. The van der Waals surface area contributed by atoms with Crippen LogP contribution in [0.5, 0.6) is 0 Å². The molecule has 0 saturated carbocycles. The molecule has 35 heavy (non-hydrogen) atoms. The maximum atomic E-state index is 12.1. The molecule has 0 amide bonds. The van der Waals surface area contributed by atoms with E-state index in [1.165, 1.54) is 0 Å². The van der Waals surface area contributed by atoms with Gasteiger partial charge in [-0.1, -0.05) is 44.2 Å². The molecule has 0 bridgehead atoms. The van der Waals surface area contributed by atoms with E-state index in [0.717, 1.165) is 45.3 Å². The fourth-order valence-electron chi connectivity index (χ4n) is 3.38. The topological polar surface area (TPSA) is 99.5 Å². The molecule has 0 aromatic heterocycles. The lowest BCUT2D eigenvalue weighted by atomic mass is 9.99. The van der Waals surface area contributed by atoms with Crippen molar-refractivity contribution in [1.29, 1.82) is 0 Å². The predicted molar refractivity (Wildman–Crippen MR) is 140 cm³/mol. The standard InChI is InChI=1S/C27H48N2O6/c1-4-12-26(32)34-23-10-7-8-13-25(5-2)14-9-11-24-35-27(33)15-16-28(6-3)17-18-29(19-21-30)20-22-31/h5,7,9-11,25,30-31H,2,4,6,8,12-24H2,1,3H3/b10-7+,11-9-. The molecule has 8 nitrogen and oxygen atoms in total. The average molecular weight is 497 g/mol. The molecule has 0 rings (SSSR count). The van der Waals surface area contributed by atoms with Gasteiger partial charge in [0, 0.05) is 39.1 Å². The lowest BCUT2D eigenvalue weighted by Gasteiger charge is -2.25. The van der Waals surface area contributed by atoms with Crippen molar-refractivity contribution >= 4 is 11.9 Å². The van der Waals surface area contributed by atoms with Gasteiger partial charge in [-0.05, 0) is 38.1 Å². The Kier molecular flexibility index (Phi) is 22.4. The van der Waals surface area contributed by atoms with Crippen molar-refractivity contribution in [2.45, 2.75) is 52.4 Å². The lowest BCUT2D eigenvalue weighted by molar-refractivity contribution is -0.143. The number of carbonyl (C=O) groups excluding carboxylic acids is 2. The van der Waals surface area contributed by atoms with Gasteiger partial charge in [0.05, 0.1) is 19.6 Å². The Morgan fingerprint density at radius 2 is 1.43 bits per heavy atom. The highest BCUT2D eigenvalue weighted by molar-refractivity contribution is 5.69. The molecule has 8 heteroatoms. The van der Waals surface area contributed by atoms with Gasteiger partial charge in [0.15, 0.2) is 0 Å². The molecule has 0 aliphatic rings. The Morgan fingerprint density at radius 1 is 0.829 bits per heavy atom. The van der Waals surface area contributed by atoms with E-state index in [0.29, 0.717) is 45.0 Å². The minimum Gasteiger partial charge on any atom is -0.461 e. The normalized spacial score (nSPS) is 12.6. The van der Waals surface area contributed by atoms with Crippen LogP contribution >= 0.6 is 0 Å². The molecule has 1 atom stereocenters. The van der Waals surface area contributed by atoms with Crippen molar-refractivity contribution in [2.24, 2.45) is 5.92 Å². The molecule has 0 spiro atoms. The van der Waals surface area contributed by atoms with Gasteiger partial charge in [-0.2, -0.15) is 0 Å². The van der Waals surface area contributed by atoms with E-state index in [-0.39, 0.29) is 31.8 Å². The monoisotopic (exact) mass is 496 g/mol. The second-order valence-electron chi connectivity index (χ2n) is 8.34. The van der Waals surface area contributed by atoms with Crippen LogP contribution < -0.4 is 0 Å². The van der Waals surface area contributed by atoms with Gasteiger partial charge < -0.3 is 24.6 Å². The van der Waals surface area contributed by atoms with Crippen LogP contribution in [-0.2, 0) is 19.1 Å². The van der Waals surface area contributed by atoms with Crippen LogP contribution in [0.1, 0.15) is 52.4 Å². The van der Waals surface area contributed by atoms with Crippen LogP contribution in [0.2, 0.25) is 0 Å². The van der Waals surface area contributed by atoms with E-state index in [4.69, 9.17) is 19.7 Å². The zero-order chi connectivity index (χ0) is 26.2. The molecule has 0 fully saturated rings. The Balaban J connectivity index is 4.03. The zero-order valence-corrected chi connectivity index (χ0v) is 21.9. The molecule has 0 aromatic rings. The number of esters is 2. The quantitative estimate of drug-likeness (QED) is 0.165. The molecule has 1 unspecified atom stereocenters. The van der Waals surface area contributed by atoms with Crippen LogP contribution in [0.15, 0.2) is 37.0 Å². The smallest absolute Gasteiger partial charge is 0.307 e. The van der Waals surface area contributed by atoms with Crippen molar-refractivity contribution in [3.8, 4) is 0 Å². The summed E-state index contributed by atoms with van der Waals surface area (Å²) >= 11 is 0. The third-order valence-electron chi connectivity index (χ3n) is 5.59. The first-order valence-corrected chi connectivity index (χ1v) is 12.9. The average Bonchev–Trinajstić information content (AvgIpc) is 2.85. The SMILES string of the molecule is C=CC(C/C=C\COC(=O)CCN(CC)CCN(CCO)CCO)CC/C=C/COC(=O)CCC. The maximum absolute atomic E-state index is 12.1. The summed E-state index contributed by atoms with van der Waals surface area (Å²) in [4.78, 5) is 27.5. The number of hydrogen-bond donors (Lipinski definition) is 2. The summed E-state index contributed by atoms with van der Waals surface area (Å²) in [6.45, 7) is 12.6. The first-order chi connectivity index (χ1) is 17.0. The minimum atomic E-state index is -0.222. The summed E-state index contributed by atoms with van der Waals surface area (Å²) in [5.41, 5.74) is 0. The molecule has 0 aliphatic carbocycles. The highest BCUT2D eigenvalue weighted by Crippen LogP contribution is 2.13. The lowest BCUT2D eigenvalue weighted by Crippen LogP contribution is -2.38. The molecule has 0 heterocycles. The number of aliphatic hydroxyl groups is 2. The summed E-state index contributed by atoms with van der Waals surface area (Å²) in [7, 11) is 0. The van der Waals surface area contributed by atoms with E-state index in [2.05, 4.69) is 11.5 Å². The van der Waals surface area contributed by atoms with Gasteiger partial charge in [-0.25, -0.2) is 0 Å². The van der Waals surface area contributed by atoms with Crippen LogP contribution in [-0.4, -0.2) is 97.6 Å².